The summed E-state index contributed by atoms with van der Waals surface area (Å²) in [7, 11) is 4.49. The van der Waals surface area contributed by atoms with E-state index in [1.165, 1.54) is 33.7 Å². The number of methoxy groups -OCH3 is 3. The molecule has 1 unspecified atom stereocenters. The molecular weight excluding hydrogens is 376 g/mol. The standard InChI is InChI=1S/C20H22N4O5/c1-26-16-7-6-14(17(27-2)18(16)28-3)20(25)24-10-4-5-13(12-24)29-19-15(11-21)22-8-9-23-19/h6-9,13H,4-5,10,12H2,1-3H3. The Labute approximate surface area is 168 Å². The Morgan fingerprint density at radius 2 is 1.90 bits per heavy atom. The largest absolute Gasteiger partial charge is 0.493 e. The Balaban J connectivity index is 1.81. The van der Waals surface area contributed by atoms with Crippen LogP contribution in [0.3, 0.4) is 0 Å². The van der Waals surface area contributed by atoms with E-state index in [0.717, 1.165) is 12.8 Å². The van der Waals surface area contributed by atoms with Gasteiger partial charge in [-0.3, -0.25) is 4.79 Å². The molecule has 1 aliphatic heterocycles. The number of nitrogens with zero attached hydrogens (tertiary/aromatic N) is 4. The fourth-order valence-electron chi connectivity index (χ4n) is 3.30. The summed E-state index contributed by atoms with van der Waals surface area (Å²) in [6.45, 7) is 0.944. The first kappa shape index (κ1) is 20.2. The third-order valence-electron chi connectivity index (χ3n) is 4.65. The smallest absolute Gasteiger partial charge is 0.257 e. The topological polar surface area (TPSA) is 107 Å². The van der Waals surface area contributed by atoms with Gasteiger partial charge in [0.25, 0.3) is 11.8 Å². The van der Waals surface area contributed by atoms with Crippen molar-refractivity contribution >= 4 is 5.91 Å². The van der Waals surface area contributed by atoms with Gasteiger partial charge in [-0.15, -0.1) is 0 Å². The summed E-state index contributed by atoms with van der Waals surface area (Å²) in [4.78, 5) is 22.9. The van der Waals surface area contributed by atoms with Crippen molar-refractivity contribution in [2.45, 2.75) is 18.9 Å². The van der Waals surface area contributed by atoms with E-state index in [4.69, 9.17) is 24.2 Å². The molecule has 2 heterocycles. The average Bonchev–Trinajstić information content (AvgIpc) is 2.77. The molecule has 0 saturated carbocycles. The lowest BCUT2D eigenvalue weighted by Crippen LogP contribution is -2.44. The van der Waals surface area contributed by atoms with Crippen molar-refractivity contribution in [3.8, 4) is 29.2 Å². The molecule has 9 nitrogen and oxygen atoms in total. The van der Waals surface area contributed by atoms with Crippen molar-refractivity contribution in [3.05, 3.63) is 35.8 Å². The third kappa shape index (κ3) is 4.16. The maximum Gasteiger partial charge on any atom is 0.257 e. The molecule has 0 spiro atoms. The van der Waals surface area contributed by atoms with Crippen LogP contribution in [0.25, 0.3) is 0 Å². The summed E-state index contributed by atoms with van der Waals surface area (Å²) in [6, 6.07) is 5.29. The fourth-order valence-corrected chi connectivity index (χ4v) is 3.30. The zero-order valence-corrected chi connectivity index (χ0v) is 16.5. The minimum absolute atomic E-state index is 0.123. The number of ether oxygens (including phenoxy) is 4. The van der Waals surface area contributed by atoms with Crippen LogP contribution >= 0.6 is 0 Å². The van der Waals surface area contributed by atoms with Crippen molar-refractivity contribution in [3.63, 3.8) is 0 Å². The van der Waals surface area contributed by atoms with Gasteiger partial charge in [0.05, 0.1) is 33.4 Å². The summed E-state index contributed by atoms with van der Waals surface area (Å²) < 4.78 is 21.9. The predicted molar refractivity (Wildman–Crippen MR) is 102 cm³/mol. The number of rotatable bonds is 6. The highest BCUT2D eigenvalue weighted by atomic mass is 16.5. The first-order chi connectivity index (χ1) is 14.1. The minimum atomic E-state index is -0.289. The molecule has 2 aromatic rings. The zero-order valence-electron chi connectivity index (χ0n) is 16.5. The van der Waals surface area contributed by atoms with Gasteiger partial charge in [0.15, 0.2) is 11.5 Å². The number of hydrogen-bond donors (Lipinski definition) is 0. The van der Waals surface area contributed by atoms with Crippen LogP contribution in [-0.2, 0) is 0 Å². The predicted octanol–water partition coefficient (Wildman–Crippen LogP) is 2.06. The molecule has 1 fully saturated rings. The molecule has 1 aromatic carbocycles. The molecule has 1 atom stereocenters. The van der Waals surface area contributed by atoms with Gasteiger partial charge in [-0.05, 0) is 25.0 Å². The highest BCUT2D eigenvalue weighted by molar-refractivity contribution is 5.98. The molecule has 0 radical (unpaired) electrons. The van der Waals surface area contributed by atoms with E-state index in [2.05, 4.69) is 9.97 Å². The van der Waals surface area contributed by atoms with E-state index >= 15 is 0 Å². The monoisotopic (exact) mass is 398 g/mol. The number of benzene rings is 1. The molecular formula is C20H22N4O5. The van der Waals surface area contributed by atoms with Gasteiger partial charge in [0.2, 0.25) is 11.4 Å². The Morgan fingerprint density at radius 1 is 1.14 bits per heavy atom. The number of carbonyl (C=O) groups is 1. The second-order valence-electron chi connectivity index (χ2n) is 6.34. The van der Waals surface area contributed by atoms with Crippen LogP contribution in [0.15, 0.2) is 24.5 Å². The summed E-state index contributed by atoms with van der Waals surface area (Å²) in [6.07, 6.45) is 4.12. The second-order valence-corrected chi connectivity index (χ2v) is 6.34. The van der Waals surface area contributed by atoms with Crippen LogP contribution < -0.4 is 18.9 Å². The van der Waals surface area contributed by atoms with Crippen LogP contribution in [0.4, 0.5) is 0 Å². The fraction of sp³-hybridized carbons (Fsp3) is 0.400. The van der Waals surface area contributed by atoms with Crippen LogP contribution in [0.5, 0.6) is 23.1 Å². The van der Waals surface area contributed by atoms with Crippen LogP contribution in [0.2, 0.25) is 0 Å². The molecule has 152 valence electrons. The van der Waals surface area contributed by atoms with Crippen molar-refractivity contribution in [2.75, 3.05) is 34.4 Å². The SMILES string of the molecule is COc1ccc(C(=O)N2CCCC(Oc3nccnc3C#N)C2)c(OC)c1OC. The number of hydrogen-bond acceptors (Lipinski definition) is 8. The first-order valence-electron chi connectivity index (χ1n) is 9.08. The number of aromatic nitrogens is 2. The summed E-state index contributed by atoms with van der Waals surface area (Å²) in [5.74, 6) is 1.14. The maximum atomic E-state index is 13.2. The van der Waals surface area contributed by atoms with Gasteiger partial charge < -0.3 is 23.8 Å². The van der Waals surface area contributed by atoms with Gasteiger partial charge in [-0.25, -0.2) is 9.97 Å². The minimum Gasteiger partial charge on any atom is -0.493 e. The lowest BCUT2D eigenvalue weighted by Gasteiger charge is -2.33. The van der Waals surface area contributed by atoms with E-state index in [-0.39, 0.29) is 23.6 Å². The number of carbonyl (C=O) groups excluding carboxylic acids is 1. The number of amides is 1. The molecule has 1 saturated heterocycles. The number of likely N-dealkylation sites (tertiary alicyclic amines) is 1. The van der Waals surface area contributed by atoms with Crippen LogP contribution in [-0.4, -0.2) is 61.3 Å². The number of nitriles is 1. The van der Waals surface area contributed by atoms with Gasteiger partial charge in [-0.1, -0.05) is 0 Å². The van der Waals surface area contributed by atoms with E-state index < -0.39 is 0 Å². The van der Waals surface area contributed by atoms with Crippen LogP contribution in [0, 0.1) is 11.3 Å². The van der Waals surface area contributed by atoms with Gasteiger partial charge in [0, 0.05) is 18.9 Å². The quantitative estimate of drug-likeness (QED) is 0.728. The van der Waals surface area contributed by atoms with Crippen molar-refractivity contribution < 1.29 is 23.7 Å². The molecule has 1 amide bonds. The highest BCUT2D eigenvalue weighted by Gasteiger charge is 2.30. The molecule has 29 heavy (non-hydrogen) atoms. The maximum absolute atomic E-state index is 13.2. The number of piperidine rings is 1. The molecule has 1 aliphatic rings. The molecule has 0 aliphatic carbocycles. The lowest BCUT2D eigenvalue weighted by atomic mass is 10.1. The molecule has 0 bridgehead atoms. The summed E-state index contributed by atoms with van der Waals surface area (Å²) in [5.41, 5.74) is 0.500. The first-order valence-corrected chi connectivity index (χ1v) is 9.08. The molecule has 9 heteroatoms. The Hall–Kier alpha value is -3.54. The van der Waals surface area contributed by atoms with Gasteiger partial charge in [0.1, 0.15) is 12.2 Å². The Bertz CT molecular complexity index is 928. The average molecular weight is 398 g/mol. The lowest BCUT2D eigenvalue weighted by molar-refractivity contribution is 0.0522. The highest BCUT2D eigenvalue weighted by Crippen LogP contribution is 2.40. The van der Waals surface area contributed by atoms with Crippen LogP contribution in [0.1, 0.15) is 28.9 Å². The Kier molecular flexibility index (Phi) is 6.34. The van der Waals surface area contributed by atoms with Crippen molar-refractivity contribution in [1.82, 2.24) is 14.9 Å². The van der Waals surface area contributed by atoms with Gasteiger partial charge >= 0.3 is 0 Å². The Morgan fingerprint density at radius 3 is 2.59 bits per heavy atom. The van der Waals surface area contributed by atoms with E-state index in [0.29, 0.717) is 35.9 Å². The van der Waals surface area contributed by atoms with Crippen molar-refractivity contribution in [2.24, 2.45) is 0 Å². The zero-order chi connectivity index (χ0) is 20.8. The van der Waals surface area contributed by atoms with E-state index in [9.17, 15) is 4.79 Å². The third-order valence-corrected chi connectivity index (χ3v) is 4.65. The second kappa shape index (κ2) is 9.10. The van der Waals surface area contributed by atoms with E-state index in [1.54, 1.807) is 17.0 Å². The van der Waals surface area contributed by atoms with Gasteiger partial charge in [-0.2, -0.15) is 5.26 Å². The molecule has 1 aromatic heterocycles. The van der Waals surface area contributed by atoms with E-state index in [1.807, 2.05) is 6.07 Å². The molecule has 0 N–H and O–H groups in total. The molecule has 3 rings (SSSR count). The summed E-state index contributed by atoms with van der Waals surface area (Å²) >= 11 is 0. The van der Waals surface area contributed by atoms with Crippen molar-refractivity contribution in [1.29, 1.82) is 5.26 Å². The summed E-state index contributed by atoms with van der Waals surface area (Å²) in [5, 5.41) is 9.15. The normalized spacial score (nSPS) is 15.9.